The van der Waals surface area contributed by atoms with E-state index in [0.29, 0.717) is 0 Å². The van der Waals surface area contributed by atoms with E-state index < -0.39 is 0 Å². The highest BCUT2D eigenvalue weighted by molar-refractivity contribution is 4.83. The van der Waals surface area contributed by atoms with Crippen LogP contribution in [0.5, 0.6) is 0 Å². The first-order chi connectivity index (χ1) is 5.88. The van der Waals surface area contributed by atoms with E-state index in [-0.39, 0.29) is 0 Å². The Morgan fingerprint density at radius 2 is 2.42 bits per heavy atom. The van der Waals surface area contributed by atoms with E-state index in [2.05, 4.69) is 16.8 Å². The highest BCUT2D eigenvalue weighted by Crippen LogP contribution is 2.15. The Morgan fingerprint density at radius 3 is 3.08 bits per heavy atom. The highest BCUT2D eigenvalue weighted by Gasteiger charge is 2.19. The van der Waals surface area contributed by atoms with Gasteiger partial charge in [0.2, 0.25) is 0 Å². The number of nitrogens with zero attached hydrogens (tertiary/aromatic N) is 1. The maximum Gasteiger partial charge on any atom is 0.0223 e. The lowest BCUT2D eigenvalue weighted by molar-refractivity contribution is 0.164. The molecular formula is C10H20N2. The van der Waals surface area contributed by atoms with Gasteiger partial charge < -0.3 is 5.32 Å². The molecule has 1 N–H and O–H groups in total. The van der Waals surface area contributed by atoms with Crippen molar-refractivity contribution in [1.82, 2.24) is 10.2 Å². The quantitative estimate of drug-likeness (QED) is 0.635. The summed E-state index contributed by atoms with van der Waals surface area (Å²) in [5, 5.41) is 3.25. The topological polar surface area (TPSA) is 15.3 Å². The van der Waals surface area contributed by atoms with E-state index >= 15 is 0 Å². The first-order valence-corrected chi connectivity index (χ1v) is 4.88. The Bertz CT molecular complexity index is 132. The number of rotatable bonds is 4. The fraction of sp³-hybridized carbons (Fsp3) is 0.800. The van der Waals surface area contributed by atoms with Crippen LogP contribution in [0.4, 0.5) is 0 Å². The van der Waals surface area contributed by atoms with Crippen molar-refractivity contribution in [3.8, 4) is 0 Å². The van der Waals surface area contributed by atoms with Crippen molar-refractivity contribution in [2.24, 2.45) is 0 Å². The van der Waals surface area contributed by atoms with Gasteiger partial charge in [0.05, 0.1) is 0 Å². The molecule has 1 fully saturated rings. The lowest BCUT2D eigenvalue weighted by Crippen LogP contribution is -2.44. The predicted octanol–water partition coefficient (Wildman–Crippen LogP) is 1.25. The average molecular weight is 168 g/mol. The van der Waals surface area contributed by atoms with Crippen molar-refractivity contribution in [2.75, 3.05) is 26.7 Å². The molecule has 2 heteroatoms. The third-order valence-corrected chi connectivity index (χ3v) is 2.55. The molecule has 0 aromatic heterocycles. The zero-order valence-corrected chi connectivity index (χ0v) is 8.05. The zero-order valence-electron chi connectivity index (χ0n) is 8.05. The Morgan fingerprint density at radius 1 is 1.58 bits per heavy atom. The summed E-state index contributed by atoms with van der Waals surface area (Å²) in [6.07, 6.45) is 6.09. The summed E-state index contributed by atoms with van der Waals surface area (Å²) in [4.78, 5) is 2.52. The van der Waals surface area contributed by atoms with Crippen LogP contribution in [-0.2, 0) is 0 Å². The fourth-order valence-electron chi connectivity index (χ4n) is 1.93. The van der Waals surface area contributed by atoms with Gasteiger partial charge in [-0.2, -0.15) is 0 Å². The molecule has 2 nitrogen and oxygen atoms in total. The normalized spacial score (nSPS) is 25.6. The Hall–Kier alpha value is -0.340. The molecular weight excluding hydrogens is 148 g/mol. The second-order valence-electron chi connectivity index (χ2n) is 3.49. The molecule has 0 aliphatic carbocycles. The van der Waals surface area contributed by atoms with Gasteiger partial charge >= 0.3 is 0 Å². The second-order valence-corrected chi connectivity index (χ2v) is 3.49. The maximum atomic E-state index is 3.79. The van der Waals surface area contributed by atoms with Gasteiger partial charge in [0, 0.05) is 19.1 Å². The minimum absolute atomic E-state index is 0.738. The minimum atomic E-state index is 0.738. The maximum absolute atomic E-state index is 3.79. The molecule has 0 spiro atoms. The molecule has 0 radical (unpaired) electrons. The van der Waals surface area contributed by atoms with Crippen LogP contribution in [0.1, 0.15) is 19.3 Å². The largest absolute Gasteiger partial charge is 0.318 e. The first kappa shape index (κ1) is 9.75. The molecule has 1 unspecified atom stereocenters. The molecule has 70 valence electrons. The van der Waals surface area contributed by atoms with E-state index in [1.807, 2.05) is 13.1 Å². The van der Waals surface area contributed by atoms with Gasteiger partial charge in [-0.25, -0.2) is 0 Å². The monoisotopic (exact) mass is 168 g/mol. The summed E-state index contributed by atoms with van der Waals surface area (Å²) < 4.78 is 0. The molecule has 0 amide bonds. The Balaban J connectivity index is 2.36. The van der Waals surface area contributed by atoms with Crippen molar-refractivity contribution in [2.45, 2.75) is 25.3 Å². The number of likely N-dealkylation sites (N-methyl/N-ethyl adjacent to an activating group) is 1. The van der Waals surface area contributed by atoms with E-state index in [9.17, 15) is 0 Å². The zero-order chi connectivity index (χ0) is 8.81. The first-order valence-electron chi connectivity index (χ1n) is 4.88. The fourth-order valence-corrected chi connectivity index (χ4v) is 1.93. The van der Waals surface area contributed by atoms with E-state index in [4.69, 9.17) is 0 Å². The Labute approximate surface area is 75.6 Å². The third kappa shape index (κ3) is 2.61. The predicted molar refractivity (Wildman–Crippen MR) is 53.3 cm³/mol. The molecule has 12 heavy (non-hydrogen) atoms. The molecule has 1 saturated heterocycles. The van der Waals surface area contributed by atoms with Crippen LogP contribution in [0.25, 0.3) is 0 Å². The van der Waals surface area contributed by atoms with E-state index in [0.717, 1.165) is 19.1 Å². The molecule has 0 aromatic rings. The Kier molecular flexibility index (Phi) is 4.33. The van der Waals surface area contributed by atoms with Crippen LogP contribution >= 0.6 is 0 Å². The van der Waals surface area contributed by atoms with Crippen LogP contribution in [0.15, 0.2) is 12.7 Å². The second kappa shape index (κ2) is 5.33. The summed E-state index contributed by atoms with van der Waals surface area (Å²) in [5.41, 5.74) is 0. The molecule has 0 aromatic carbocycles. The molecule has 1 atom stereocenters. The van der Waals surface area contributed by atoms with Crippen LogP contribution in [0.3, 0.4) is 0 Å². The SMILES string of the molecule is C=CCN1CCCCC1CNC. The summed E-state index contributed by atoms with van der Waals surface area (Å²) in [6, 6.07) is 0.738. The minimum Gasteiger partial charge on any atom is -0.318 e. The average Bonchev–Trinajstić information content (AvgIpc) is 2.09. The summed E-state index contributed by atoms with van der Waals surface area (Å²) in [7, 11) is 2.03. The van der Waals surface area contributed by atoms with Gasteiger partial charge in [0.15, 0.2) is 0 Å². The highest BCUT2D eigenvalue weighted by atomic mass is 15.2. The van der Waals surface area contributed by atoms with Gasteiger partial charge in [-0.1, -0.05) is 12.5 Å². The van der Waals surface area contributed by atoms with Crippen molar-refractivity contribution in [3.05, 3.63) is 12.7 Å². The van der Waals surface area contributed by atoms with Gasteiger partial charge in [-0.05, 0) is 26.4 Å². The van der Waals surface area contributed by atoms with Crippen molar-refractivity contribution < 1.29 is 0 Å². The molecule has 1 rings (SSSR count). The lowest BCUT2D eigenvalue weighted by atomic mass is 10.0. The number of nitrogens with one attached hydrogen (secondary N) is 1. The van der Waals surface area contributed by atoms with Crippen molar-refractivity contribution >= 4 is 0 Å². The molecule has 1 aliphatic heterocycles. The number of hydrogen-bond acceptors (Lipinski definition) is 2. The van der Waals surface area contributed by atoms with Gasteiger partial charge in [-0.3, -0.25) is 4.90 Å². The van der Waals surface area contributed by atoms with Gasteiger partial charge in [0.25, 0.3) is 0 Å². The van der Waals surface area contributed by atoms with Crippen LogP contribution in [-0.4, -0.2) is 37.6 Å². The van der Waals surface area contributed by atoms with E-state index in [1.165, 1.54) is 25.8 Å². The number of likely N-dealkylation sites (tertiary alicyclic amines) is 1. The molecule has 1 aliphatic rings. The summed E-state index contributed by atoms with van der Waals surface area (Å²) in [5.74, 6) is 0. The van der Waals surface area contributed by atoms with Crippen molar-refractivity contribution in [3.63, 3.8) is 0 Å². The lowest BCUT2D eigenvalue weighted by Gasteiger charge is -2.34. The standard InChI is InChI=1S/C10H20N2/c1-3-7-12-8-5-4-6-10(12)9-11-2/h3,10-11H,1,4-9H2,2H3. The molecule has 0 saturated carbocycles. The summed E-state index contributed by atoms with van der Waals surface area (Å²) in [6.45, 7) is 7.20. The molecule has 0 bridgehead atoms. The van der Waals surface area contributed by atoms with Crippen LogP contribution < -0.4 is 5.32 Å². The smallest absolute Gasteiger partial charge is 0.0223 e. The van der Waals surface area contributed by atoms with Gasteiger partial charge in [0.1, 0.15) is 0 Å². The van der Waals surface area contributed by atoms with Crippen molar-refractivity contribution in [1.29, 1.82) is 0 Å². The number of piperidine rings is 1. The van der Waals surface area contributed by atoms with Crippen LogP contribution in [0, 0.1) is 0 Å². The summed E-state index contributed by atoms with van der Waals surface area (Å²) >= 11 is 0. The van der Waals surface area contributed by atoms with Gasteiger partial charge in [-0.15, -0.1) is 6.58 Å². The molecule has 1 heterocycles. The van der Waals surface area contributed by atoms with Crippen LogP contribution in [0.2, 0.25) is 0 Å². The number of hydrogen-bond donors (Lipinski definition) is 1. The van der Waals surface area contributed by atoms with E-state index in [1.54, 1.807) is 0 Å². The third-order valence-electron chi connectivity index (χ3n) is 2.55.